The molecule has 0 bridgehead atoms. The summed E-state index contributed by atoms with van der Waals surface area (Å²) in [6.45, 7) is 6.39. The van der Waals surface area contributed by atoms with E-state index in [0.717, 1.165) is 0 Å². The summed E-state index contributed by atoms with van der Waals surface area (Å²) in [6, 6.07) is 0. The molecular weight excluding hydrogens is 191 g/mol. The first kappa shape index (κ1) is 13.1. The fourth-order valence-electron chi connectivity index (χ4n) is 1.17. The summed E-state index contributed by atoms with van der Waals surface area (Å²) in [5, 5.41) is 0. The molecule has 80 valence electrons. The van der Waals surface area contributed by atoms with E-state index < -0.39 is 7.60 Å². The Morgan fingerprint density at radius 1 is 1.38 bits per heavy atom. The third-order valence-electron chi connectivity index (χ3n) is 1.76. The third kappa shape index (κ3) is 8.44. The van der Waals surface area contributed by atoms with Crippen LogP contribution in [-0.2, 0) is 9.30 Å². The van der Waals surface area contributed by atoms with E-state index in [2.05, 4.69) is 0 Å². The van der Waals surface area contributed by atoms with Crippen LogP contribution in [0.15, 0.2) is 0 Å². The highest BCUT2D eigenvalue weighted by atomic mass is 31.2. The molecule has 0 radical (unpaired) electrons. The number of ether oxygens (including phenoxy) is 1. The summed E-state index contributed by atoms with van der Waals surface area (Å²) in [6.07, 6.45) is 1.12. The maximum Gasteiger partial charge on any atom is 0.325 e. The predicted octanol–water partition coefficient (Wildman–Crippen LogP) is 1.76. The van der Waals surface area contributed by atoms with E-state index in [1.54, 1.807) is 0 Å². The minimum Gasteiger partial charge on any atom is -0.376 e. The van der Waals surface area contributed by atoms with Crippen LogP contribution in [0.1, 0.15) is 33.6 Å². The van der Waals surface area contributed by atoms with E-state index in [1.165, 1.54) is 0 Å². The van der Waals surface area contributed by atoms with Gasteiger partial charge in [0.1, 0.15) is 0 Å². The fraction of sp³-hybridized carbons (Fsp3) is 1.00. The molecule has 5 heteroatoms. The van der Waals surface area contributed by atoms with Gasteiger partial charge in [0.05, 0.1) is 5.60 Å². The van der Waals surface area contributed by atoms with Crippen LogP contribution in [0.3, 0.4) is 0 Å². The number of hydrogen-bond donors (Lipinski definition) is 2. The molecule has 0 saturated carbocycles. The lowest BCUT2D eigenvalue weighted by Crippen LogP contribution is -2.24. The van der Waals surface area contributed by atoms with Crippen molar-refractivity contribution in [2.75, 3.05) is 12.8 Å². The normalized spacial score (nSPS) is 13.3. The minimum atomic E-state index is -3.83. The van der Waals surface area contributed by atoms with Crippen molar-refractivity contribution in [3.8, 4) is 0 Å². The summed E-state index contributed by atoms with van der Waals surface area (Å²) < 4.78 is 15.9. The average Bonchev–Trinajstić information content (AvgIpc) is 1.82. The van der Waals surface area contributed by atoms with Crippen LogP contribution in [-0.4, -0.2) is 28.2 Å². The largest absolute Gasteiger partial charge is 0.376 e. The van der Waals surface area contributed by atoms with Gasteiger partial charge >= 0.3 is 7.60 Å². The van der Waals surface area contributed by atoms with E-state index in [1.807, 2.05) is 20.8 Å². The van der Waals surface area contributed by atoms with Crippen molar-refractivity contribution in [2.24, 2.45) is 0 Å². The van der Waals surface area contributed by atoms with Gasteiger partial charge in [0.25, 0.3) is 0 Å². The molecule has 0 aliphatic carbocycles. The highest BCUT2D eigenvalue weighted by Crippen LogP contribution is 2.36. The van der Waals surface area contributed by atoms with Crippen molar-refractivity contribution in [3.63, 3.8) is 0 Å². The molecule has 0 aliphatic heterocycles. The predicted molar refractivity (Wildman–Crippen MR) is 51.9 cm³/mol. The van der Waals surface area contributed by atoms with E-state index >= 15 is 0 Å². The van der Waals surface area contributed by atoms with Gasteiger partial charge in [0.2, 0.25) is 0 Å². The van der Waals surface area contributed by atoms with E-state index in [0.29, 0.717) is 19.4 Å². The van der Waals surface area contributed by atoms with Gasteiger partial charge in [-0.2, -0.15) is 0 Å². The zero-order chi connectivity index (χ0) is 10.5. The summed E-state index contributed by atoms with van der Waals surface area (Å²) in [5.74, 6) is 0. The van der Waals surface area contributed by atoms with Crippen molar-refractivity contribution < 1.29 is 19.1 Å². The number of hydrogen-bond acceptors (Lipinski definition) is 2. The van der Waals surface area contributed by atoms with Crippen molar-refractivity contribution >= 4 is 7.60 Å². The van der Waals surface area contributed by atoms with E-state index in [9.17, 15) is 4.57 Å². The van der Waals surface area contributed by atoms with E-state index in [4.69, 9.17) is 14.5 Å². The van der Waals surface area contributed by atoms with Gasteiger partial charge in [-0.3, -0.25) is 4.57 Å². The van der Waals surface area contributed by atoms with Crippen LogP contribution < -0.4 is 0 Å². The maximum absolute atomic E-state index is 10.5. The van der Waals surface area contributed by atoms with Crippen LogP contribution in [0.5, 0.6) is 0 Å². The minimum absolute atomic E-state index is 0.0521. The lowest BCUT2D eigenvalue weighted by molar-refractivity contribution is -0.0164. The van der Waals surface area contributed by atoms with Crippen LogP contribution in [0.4, 0.5) is 0 Å². The Morgan fingerprint density at radius 2 is 1.92 bits per heavy atom. The van der Waals surface area contributed by atoms with Crippen molar-refractivity contribution in [1.82, 2.24) is 0 Å². The third-order valence-corrected chi connectivity index (χ3v) is 2.66. The molecule has 0 unspecified atom stereocenters. The topological polar surface area (TPSA) is 66.8 Å². The Bertz CT molecular complexity index is 185. The molecule has 0 atom stereocenters. The molecule has 0 amide bonds. The van der Waals surface area contributed by atoms with Gasteiger partial charge in [-0.05, 0) is 33.6 Å². The van der Waals surface area contributed by atoms with Gasteiger partial charge in [-0.25, -0.2) is 0 Å². The molecule has 0 saturated heterocycles. The Hall–Kier alpha value is 0.110. The van der Waals surface area contributed by atoms with Gasteiger partial charge < -0.3 is 14.5 Å². The molecule has 0 spiro atoms. The molecule has 0 fully saturated rings. The molecule has 13 heavy (non-hydrogen) atoms. The first-order valence-corrected chi connectivity index (χ1v) is 6.25. The highest BCUT2D eigenvalue weighted by molar-refractivity contribution is 7.51. The fourth-order valence-corrected chi connectivity index (χ4v) is 1.74. The van der Waals surface area contributed by atoms with E-state index in [-0.39, 0.29) is 11.8 Å². The molecule has 0 aliphatic rings. The molecule has 0 heterocycles. The Labute approximate surface area is 79.5 Å². The highest BCUT2D eigenvalue weighted by Gasteiger charge is 2.20. The second kappa shape index (κ2) is 5.11. The lowest BCUT2D eigenvalue weighted by atomic mass is 10.0. The monoisotopic (exact) mass is 210 g/mol. The first-order chi connectivity index (χ1) is 5.77. The lowest BCUT2D eigenvalue weighted by Gasteiger charge is -2.24. The Kier molecular flexibility index (Phi) is 5.15. The Balaban J connectivity index is 3.69. The van der Waals surface area contributed by atoms with Gasteiger partial charge in [-0.15, -0.1) is 0 Å². The summed E-state index contributed by atoms with van der Waals surface area (Å²) in [5.41, 5.74) is -0.274. The molecule has 0 aromatic carbocycles. The number of rotatable bonds is 6. The molecule has 2 N–H and O–H groups in total. The standard InChI is InChI=1S/C8H19O4P/c1-4-12-8(2,3)6-5-7-13(9,10)11/h4-7H2,1-3H3,(H2,9,10,11). The quantitative estimate of drug-likeness (QED) is 0.655. The molecule has 0 aromatic rings. The van der Waals surface area contributed by atoms with Gasteiger partial charge in [-0.1, -0.05) is 0 Å². The summed E-state index contributed by atoms with van der Waals surface area (Å²) in [7, 11) is -3.83. The van der Waals surface area contributed by atoms with Crippen molar-refractivity contribution in [1.29, 1.82) is 0 Å². The van der Waals surface area contributed by atoms with Crippen LogP contribution in [0.2, 0.25) is 0 Å². The summed E-state index contributed by atoms with van der Waals surface area (Å²) >= 11 is 0. The molecule has 4 nitrogen and oxygen atoms in total. The zero-order valence-corrected chi connectivity index (χ0v) is 9.38. The van der Waals surface area contributed by atoms with Gasteiger partial charge in [0, 0.05) is 12.8 Å². The van der Waals surface area contributed by atoms with Crippen LogP contribution >= 0.6 is 7.60 Å². The smallest absolute Gasteiger partial charge is 0.325 e. The second-order valence-electron chi connectivity index (χ2n) is 3.68. The SMILES string of the molecule is CCOC(C)(C)CCCP(=O)(O)O. The van der Waals surface area contributed by atoms with Crippen molar-refractivity contribution in [2.45, 2.75) is 39.2 Å². The molecular formula is C8H19O4P. The average molecular weight is 210 g/mol. The first-order valence-electron chi connectivity index (χ1n) is 4.45. The molecule has 0 aromatic heterocycles. The molecule has 0 rings (SSSR count). The van der Waals surface area contributed by atoms with Crippen molar-refractivity contribution in [3.05, 3.63) is 0 Å². The maximum atomic E-state index is 10.5. The summed E-state index contributed by atoms with van der Waals surface area (Å²) in [4.78, 5) is 17.2. The zero-order valence-electron chi connectivity index (χ0n) is 8.49. The Morgan fingerprint density at radius 3 is 2.31 bits per heavy atom. The van der Waals surface area contributed by atoms with Gasteiger partial charge in [0.15, 0.2) is 0 Å². The second-order valence-corrected chi connectivity index (χ2v) is 5.46. The van der Waals surface area contributed by atoms with Crippen LogP contribution in [0.25, 0.3) is 0 Å². The van der Waals surface area contributed by atoms with Crippen LogP contribution in [0, 0.1) is 0 Å².